The van der Waals surface area contributed by atoms with Crippen LogP contribution in [0.2, 0.25) is 5.02 Å². The highest BCUT2D eigenvalue weighted by molar-refractivity contribution is 7.89. The molecule has 8 heteroatoms. The maximum absolute atomic E-state index is 13.2. The predicted octanol–water partition coefficient (Wildman–Crippen LogP) is 4.00. The number of hydrogen-bond acceptors (Lipinski definition) is 4. The van der Waals surface area contributed by atoms with Crippen molar-refractivity contribution in [3.8, 4) is 5.75 Å². The van der Waals surface area contributed by atoms with Crippen molar-refractivity contribution in [1.82, 2.24) is 4.31 Å². The number of carbonyl (C=O) groups is 1. The van der Waals surface area contributed by atoms with E-state index in [1.54, 1.807) is 36.4 Å². The second-order valence-corrected chi connectivity index (χ2v) is 9.65. The van der Waals surface area contributed by atoms with E-state index < -0.39 is 15.9 Å². The Balaban J connectivity index is 1.79. The van der Waals surface area contributed by atoms with Gasteiger partial charge < -0.3 is 10.1 Å². The van der Waals surface area contributed by atoms with Gasteiger partial charge in [0.2, 0.25) is 15.9 Å². The SMILES string of the molecule is COc1ccc(C)cc1S(=O)(=O)N1CCC[C@@H](C(=O)Nc2ccc(Cl)cc2C)C1. The second kappa shape index (κ2) is 8.73. The molecule has 0 unspecified atom stereocenters. The molecule has 6 nitrogen and oxygen atoms in total. The molecule has 1 saturated heterocycles. The van der Waals surface area contributed by atoms with Gasteiger partial charge in [0.1, 0.15) is 10.6 Å². The van der Waals surface area contributed by atoms with Gasteiger partial charge in [-0.2, -0.15) is 4.31 Å². The molecule has 1 aliphatic heterocycles. The number of benzene rings is 2. The van der Waals surface area contributed by atoms with E-state index in [0.29, 0.717) is 35.8 Å². The van der Waals surface area contributed by atoms with Gasteiger partial charge in [-0.15, -0.1) is 0 Å². The molecule has 1 N–H and O–H groups in total. The first-order chi connectivity index (χ1) is 13.7. The summed E-state index contributed by atoms with van der Waals surface area (Å²) in [6.45, 7) is 4.21. The Labute approximate surface area is 176 Å². The van der Waals surface area contributed by atoms with Crippen LogP contribution in [0.5, 0.6) is 5.75 Å². The highest BCUT2D eigenvalue weighted by Crippen LogP contribution is 2.31. The Kier molecular flexibility index (Phi) is 6.51. The molecule has 1 fully saturated rings. The number of halogens is 1. The van der Waals surface area contributed by atoms with Gasteiger partial charge in [0, 0.05) is 23.8 Å². The van der Waals surface area contributed by atoms with Crippen LogP contribution in [0.4, 0.5) is 5.69 Å². The molecule has 1 atom stereocenters. The lowest BCUT2D eigenvalue weighted by Gasteiger charge is -2.31. The fourth-order valence-electron chi connectivity index (χ4n) is 3.50. The second-order valence-electron chi connectivity index (χ2n) is 7.31. The third-order valence-corrected chi connectivity index (χ3v) is 7.26. The van der Waals surface area contributed by atoms with Gasteiger partial charge in [0.15, 0.2) is 0 Å². The average molecular weight is 437 g/mol. The molecule has 3 rings (SSSR count). The summed E-state index contributed by atoms with van der Waals surface area (Å²) in [4.78, 5) is 12.9. The number of hydrogen-bond donors (Lipinski definition) is 1. The van der Waals surface area contributed by atoms with E-state index in [2.05, 4.69) is 5.32 Å². The zero-order valence-electron chi connectivity index (χ0n) is 16.7. The molecule has 2 aromatic carbocycles. The number of nitrogens with zero attached hydrogens (tertiary/aromatic N) is 1. The van der Waals surface area contributed by atoms with Gasteiger partial charge in [-0.3, -0.25) is 4.79 Å². The lowest BCUT2D eigenvalue weighted by atomic mass is 9.98. The Morgan fingerprint density at radius 1 is 1.21 bits per heavy atom. The van der Waals surface area contributed by atoms with Crippen LogP contribution in [0.1, 0.15) is 24.0 Å². The van der Waals surface area contributed by atoms with Gasteiger partial charge in [0.05, 0.1) is 13.0 Å². The van der Waals surface area contributed by atoms with Crippen molar-refractivity contribution in [2.75, 3.05) is 25.5 Å². The molecule has 156 valence electrons. The van der Waals surface area contributed by atoms with Gasteiger partial charge in [-0.25, -0.2) is 8.42 Å². The van der Waals surface area contributed by atoms with E-state index in [-0.39, 0.29) is 17.3 Å². The van der Waals surface area contributed by atoms with Crippen LogP contribution in [0, 0.1) is 19.8 Å². The van der Waals surface area contributed by atoms with Crippen molar-refractivity contribution in [3.05, 3.63) is 52.5 Å². The molecule has 0 saturated carbocycles. The lowest BCUT2D eigenvalue weighted by Crippen LogP contribution is -2.43. The number of piperidine rings is 1. The maximum atomic E-state index is 13.2. The third-order valence-electron chi connectivity index (χ3n) is 5.14. The van der Waals surface area contributed by atoms with E-state index in [0.717, 1.165) is 11.1 Å². The van der Waals surface area contributed by atoms with Crippen LogP contribution in [0.3, 0.4) is 0 Å². The van der Waals surface area contributed by atoms with Crippen LogP contribution >= 0.6 is 11.6 Å². The largest absolute Gasteiger partial charge is 0.495 e. The standard InChI is InChI=1S/C21H25ClN2O4S/c1-14-6-9-19(28-3)20(11-14)29(26,27)24-10-4-5-16(13-24)21(25)23-18-8-7-17(22)12-15(18)2/h6-9,11-12,16H,4-5,10,13H2,1-3H3,(H,23,25)/t16-/m1/s1. The average Bonchev–Trinajstić information content (AvgIpc) is 2.70. The highest BCUT2D eigenvalue weighted by Gasteiger charge is 2.35. The van der Waals surface area contributed by atoms with Gasteiger partial charge in [0.25, 0.3) is 0 Å². The molecule has 2 aromatic rings. The van der Waals surface area contributed by atoms with Crippen LogP contribution < -0.4 is 10.1 Å². The predicted molar refractivity (Wildman–Crippen MR) is 114 cm³/mol. The van der Waals surface area contributed by atoms with Crippen LogP contribution in [0.15, 0.2) is 41.3 Å². The van der Waals surface area contributed by atoms with Crippen molar-refractivity contribution in [1.29, 1.82) is 0 Å². The summed E-state index contributed by atoms with van der Waals surface area (Å²) in [5.74, 6) is -0.310. The number of carbonyl (C=O) groups excluding carboxylic acids is 1. The molecule has 0 aliphatic carbocycles. The lowest BCUT2D eigenvalue weighted by molar-refractivity contribution is -0.120. The Hall–Kier alpha value is -2.09. The third kappa shape index (κ3) is 4.74. The molecular weight excluding hydrogens is 412 g/mol. The molecule has 1 heterocycles. The quantitative estimate of drug-likeness (QED) is 0.768. The van der Waals surface area contributed by atoms with Gasteiger partial charge >= 0.3 is 0 Å². The van der Waals surface area contributed by atoms with E-state index >= 15 is 0 Å². The number of rotatable bonds is 5. The Morgan fingerprint density at radius 2 is 1.97 bits per heavy atom. The van der Waals surface area contributed by atoms with Crippen LogP contribution in [-0.2, 0) is 14.8 Å². The fourth-order valence-corrected chi connectivity index (χ4v) is 5.49. The summed E-state index contributed by atoms with van der Waals surface area (Å²) in [6.07, 6.45) is 1.25. The molecule has 29 heavy (non-hydrogen) atoms. The minimum absolute atomic E-state index is 0.134. The van der Waals surface area contributed by atoms with Crippen LogP contribution in [-0.4, -0.2) is 38.8 Å². The Morgan fingerprint density at radius 3 is 2.66 bits per heavy atom. The van der Waals surface area contributed by atoms with E-state index in [1.807, 2.05) is 13.8 Å². The van der Waals surface area contributed by atoms with Crippen molar-refractivity contribution in [3.63, 3.8) is 0 Å². The number of sulfonamides is 1. The first kappa shape index (κ1) is 21.6. The summed E-state index contributed by atoms with van der Waals surface area (Å²) in [6, 6.07) is 10.3. The number of nitrogens with one attached hydrogen (secondary N) is 1. The van der Waals surface area contributed by atoms with Gasteiger partial charge in [-0.1, -0.05) is 17.7 Å². The topological polar surface area (TPSA) is 75.7 Å². The van der Waals surface area contributed by atoms with E-state index in [4.69, 9.17) is 16.3 Å². The van der Waals surface area contributed by atoms with E-state index in [9.17, 15) is 13.2 Å². The molecule has 1 amide bonds. The monoisotopic (exact) mass is 436 g/mol. The highest BCUT2D eigenvalue weighted by atomic mass is 35.5. The fraction of sp³-hybridized carbons (Fsp3) is 0.381. The first-order valence-corrected chi connectivity index (χ1v) is 11.3. The summed E-state index contributed by atoms with van der Waals surface area (Å²) in [7, 11) is -2.32. The number of amides is 1. The number of ether oxygens (including phenoxy) is 1. The minimum atomic E-state index is -3.77. The normalized spacial score (nSPS) is 17.7. The van der Waals surface area contributed by atoms with Gasteiger partial charge in [-0.05, 0) is 68.1 Å². The number of aryl methyl sites for hydroxylation is 2. The number of anilines is 1. The summed E-state index contributed by atoms with van der Waals surface area (Å²) in [5.41, 5.74) is 2.37. The maximum Gasteiger partial charge on any atom is 0.246 e. The summed E-state index contributed by atoms with van der Waals surface area (Å²) in [5, 5.41) is 3.51. The molecular formula is C21H25ClN2O4S. The van der Waals surface area contributed by atoms with E-state index in [1.165, 1.54) is 11.4 Å². The van der Waals surface area contributed by atoms with Crippen molar-refractivity contribution in [2.45, 2.75) is 31.6 Å². The van der Waals surface area contributed by atoms with Crippen molar-refractivity contribution >= 4 is 33.2 Å². The molecule has 0 aromatic heterocycles. The molecule has 1 aliphatic rings. The summed E-state index contributed by atoms with van der Waals surface area (Å²) < 4.78 is 33.1. The Bertz CT molecular complexity index is 1020. The molecule has 0 radical (unpaired) electrons. The zero-order valence-corrected chi connectivity index (χ0v) is 18.3. The molecule has 0 bridgehead atoms. The smallest absolute Gasteiger partial charge is 0.246 e. The zero-order chi connectivity index (χ0) is 21.2. The first-order valence-electron chi connectivity index (χ1n) is 9.44. The van der Waals surface area contributed by atoms with Crippen molar-refractivity contribution < 1.29 is 17.9 Å². The van der Waals surface area contributed by atoms with Crippen LogP contribution in [0.25, 0.3) is 0 Å². The summed E-state index contributed by atoms with van der Waals surface area (Å²) >= 11 is 5.97. The minimum Gasteiger partial charge on any atom is -0.495 e. The molecule has 0 spiro atoms. The van der Waals surface area contributed by atoms with Crippen molar-refractivity contribution in [2.24, 2.45) is 5.92 Å². The number of methoxy groups -OCH3 is 1.